The van der Waals surface area contributed by atoms with Crippen LogP contribution < -0.4 is 0 Å². The van der Waals surface area contributed by atoms with Crippen molar-refractivity contribution in [3.63, 3.8) is 0 Å². The van der Waals surface area contributed by atoms with Crippen molar-refractivity contribution in [2.75, 3.05) is 92.1 Å². The minimum Gasteiger partial charge on any atom is -0.378 e. The lowest BCUT2D eigenvalue weighted by molar-refractivity contribution is 0.00757. The van der Waals surface area contributed by atoms with Crippen LogP contribution in [0, 0.1) is 0 Å². The van der Waals surface area contributed by atoms with Crippen LogP contribution in [-0.2, 0) is 18.9 Å². The molecule has 0 aliphatic carbocycles. The first-order valence-electron chi connectivity index (χ1n) is 10.7. The molecule has 3 aliphatic heterocycles. The Labute approximate surface area is 160 Å². The van der Waals surface area contributed by atoms with Crippen LogP contribution in [0.3, 0.4) is 0 Å². The molecule has 2 bridgehead atoms. The van der Waals surface area contributed by atoms with Crippen LogP contribution in [0.5, 0.6) is 0 Å². The predicted octanol–water partition coefficient (Wildman–Crippen LogP) is 2.02. The van der Waals surface area contributed by atoms with Gasteiger partial charge in [-0.3, -0.25) is 9.80 Å². The van der Waals surface area contributed by atoms with Gasteiger partial charge >= 0.3 is 0 Å². The zero-order valence-electron chi connectivity index (χ0n) is 16.7. The summed E-state index contributed by atoms with van der Waals surface area (Å²) in [6.07, 6.45) is 7.93. The first-order valence-corrected chi connectivity index (χ1v) is 10.7. The molecule has 0 spiro atoms. The van der Waals surface area contributed by atoms with E-state index in [4.69, 9.17) is 18.9 Å². The van der Waals surface area contributed by atoms with E-state index in [2.05, 4.69) is 9.80 Å². The summed E-state index contributed by atoms with van der Waals surface area (Å²) in [6, 6.07) is 0. The summed E-state index contributed by atoms with van der Waals surface area (Å²) in [7, 11) is 0. The van der Waals surface area contributed by atoms with Crippen LogP contribution in [-0.4, -0.2) is 102 Å². The highest BCUT2D eigenvalue weighted by molar-refractivity contribution is 4.61. The van der Waals surface area contributed by atoms with Crippen molar-refractivity contribution in [2.45, 2.75) is 38.5 Å². The molecule has 3 saturated heterocycles. The van der Waals surface area contributed by atoms with Gasteiger partial charge in [0.1, 0.15) is 0 Å². The Hall–Kier alpha value is -0.240. The van der Waals surface area contributed by atoms with Crippen molar-refractivity contribution in [3.8, 4) is 0 Å². The van der Waals surface area contributed by atoms with Crippen LogP contribution in [0.2, 0.25) is 0 Å². The lowest BCUT2D eigenvalue weighted by Crippen LogP contribution is -2.34. The number of nitrogens with zero attached hydrogens (tertiary/aromatic N) is 2. The van der Waals surface area contributed by atoms with Crippen molar-refractivity contribution in [2.24, 2.45) is 0 Å². The molecular formula is C20H40N2O4. The Kier molecular flexibility index (Phi) is 13.4. The van der Waals surface area contributed by atoms with Gasteiger partial charge in [-0.05, 0) is 25.9 Å². The molecule has 0 amide bonds. The van der Waals surface area contributed by atoms with Crippen LogP contribution >= 0.6 is 0 Å². The Morgan fingerprint density at radius 1 is 0.308 bits per heavy atom. The molecule has 0 aromatic heterocycles. The summed E-state index contributed by atoms with van der Waals surface area (Å²) < 4.78 is 23.0. The number of ether oxygens (including phenoxy) is 4. The Balaban J connectivity index is 1.87. The van der Waals surface area contributed by atoms with Crippen LogP contribution in [0.15, 0.2) is 0 Å². The summed E-state index contributed by atoms with van der Waals surface area (Å²) in [5, 5.41) is 0. The van der Waals surface area contributed by atoms with E-state index in [0.717, 1.165) is 65.7 Å². The van der Waals surface area contributed by atoms with E-state index in [1.54, 1.807) is 0 Å². The van der Waals surface area contributed by atoms with Crippen LogP contribution in [0.1, 0.15) is 38.5 Å². The third kappa shape index (κ3) is 11.5. The van der Waals surface area contributed by atoms with Gasteiger partial charge in [0.05, 0.1) is 52.9 Å². The van der Waals surface area contributed by atoms with Crippen molar-refractivity contribution < 1.29 is 18.9 Å². The Bertz CT molecular complexity index is 243. The molecule has 0 atom stereocenters. The molecule has 3 rings (SSSR count). The number of fused-ring (bicyclic) bond motifs is 21. The maximum absolute atomic E-state index is 5.76. The van der Waals surface area contributed by atoms with Gasteiger partial charge < -0.3 is 18.9 Å². The second-order valence-corrected chi connectivity index (χ2v) is 7.25. The maximum atomic E-state index is 5.76. The molecule has 0 aromatic rings. The maximum Gasteiger partial charge on any atom is 0.0701 e. The van der Waals surface area contributed by atoms with E-state index < -0.39 is 0 Å². The number of hydrogen-bond donors (Lipinski definition) is 0. The molecule has 0 N–H and O–H groups in total. The van der Waals surface area contributed by atoms with E-state index in [1.807, 2.05) is 0 Å². The summed E-state index contributed by atoms with van der Waals surface area (Å²) in [6.45, 7) is 12.1. The third-order valence-electron chi connectivity index (χ3n) is 5.15. The minimum absolute atomic E-state index is 0.688. The quantitative estimate of drug-likeness (QED) is 0.648. The summed E-state index contributed by atoms with van der Waals surface area (Å²) >= 11 is 0. The molecule has 0 radical (unpaired) electrons. The normalized spacial score (nSPS) is 30.5. The second kappa shape index (κ2) is 15.8. The van der Waals surface area contributed by atoms with E-state index in [-0.39, 0.29) is 0 Å². The van der Waals surface area contributed by atoms with Crippen LogP contribution in [0.4, 0.5) is 0 Å². The van der Waals surface area contributed by atoms with E-state index in [0.29, 0.717) is 26.4 Å². The van der Waals surface area contributed by atoms with Crippen molar-refractivity contribution in [1.29, 1.82) is 0 Å². The molecule has 6 heteroatoms. The fourth-order valence-electron chi connectivity index (χ4n) is 3.47. The first-order chi connectivity index (χ1) is 12.9. The topological polar surface area (TPSA) is 43.4 Å². The highest BCUT2D eigenvalue weighted by Gasteiger charge is 2.08. The number of hydrogen-bond acceptors (Lipinski definition) is 6. The second-order valence-electron chi connectivity index (χ2n) is 7.25. The van der Waals surface area contributed by atoms with Gasteiger partial charge in [-0.2, -0.15) is 0 Å². The minimum atomic E-state index is 0.688. The lowest BCUT2D eigenvalue weighted by atomic mass is 10.1. The lowest BCUT2D eigenvalue weighted by Gasteiger charge is -2.24. The number of rotatable bonds is 0. The van der Waals surface area contributed by atoms with Crippen molar-refractivity contribution in [3.05, 3.63) is 0 Å². The zero-order chi connectivity index (χ0) is 18.1. The van der Waals surface area contributed by atoms with E-state index in [1.165, 1.54) is 38.5 Å². The SMILES string of the molecule is C1CCCCN2CCOCCOCCN(CCC1)CCOCCOCC2. The largest absolute Gasteiger partial charge is 0.378 e. The molecule has 6 nitrogen and oxygen atoms in total. The highest BCUT2D eigenvalue weighted by atomic mass is 16.5. The third-order valence-corrected chi connectivity index (χ3v) is 5.15. The van der Waals surface area contributed by atoms with E-state index in [9.17, 15) is 0 Å². The van der Waals surface area contributed by atoms with Crippen molar-refractivity contribution in [1.82, 2.24) is 9.80 Å². The molecule has 154 valence electrons. The van der Waals surface area contributed by atoms with Gasteiger partial charge in [0.25, 0.3) is 0 Å². The average Bonchev–Trinajstić information content (AvgIpc) is 2.65. The zero-order valence-corrected chi connectivity index (χ0v) is 16.7. The smallest absolute Gasteiger partial charge is 0.0701 e. The Morgan fingerprint density at radius 3 is 0.962 bits per heavy atom. The summed E-state index contributed by atoms with van der Waals surface area (Å²) in [5.74, 6) is 0. The van der Waals surface area contributed by atoms with Gasteiger partial charge in [-0.15, -0.1) is 0 Å². The predicted molar refractivity (Wildman–Crippen MR) is 104 cm³/mol. The molecule has 0 aromatic carbocycles. The molecule has 0 saturated carbocycles. The molecule has 26 heavy (non-hydrogen) atoms. The van der Waals surface area contributed by atoms with Crippen LogP contribution in [0.25, 0.3) is 0 Å². The monoisotopic (exact) mass is 372 g/mol. The van der Waals surface area contributed by atoms with Gasteiger partial charge in [-0.1, -0.05) is 25.7 Å². The molecular weight excluding hydrogens is 332 g/mol. The van der Waals surface area contributed by atoms with Gasteiger partial charge in [0, 0.05) is 26.2 Å². The fourth-order valence-corrected chi connectivity index (χ4v) is 3.47. The van der Waals surface area contributed by atoms with Gasteiger partial charge in [0.2, 0.25) is 0 Å². The van der Waals surface area contributed by atoms with Gasteiger partial charge in [0.15, 0.2) is 0 Å². The summed E-state index contributed by atoms with van der Waals surface area (Å²) in [4.78, 5) is 4.96. The molecule has 3 heterocycles. The molecule has 0 unspecified atom stereocenters. The highest BCUT2D eigenvalue weighted by Crippen LogP contribution is 2.08. The summed E-state index contributed by atoms with van der Waals surface area (Å²) in [5.41, 5.74) is 0. The van der Waals surface area contributed by atoms with E-state index >= 15 is 0 Å². The van der Waals surface area contributed by atoms with Gasteiger partial charge in [-0.25, -0.2) is 0 Å². The first kappa shape index (κ1) is 22.1. The Morgan fingerprint density at radius 2 is 0.615 bits per heavy atom. The molecule has 3 fully saturated rings. The molecule has 3 aliphatic rings. The standard InChI is InChI=1S/C20H40N2O4/c1-2-4-6-8-22-11-15-25-19-17-23-13-9-21(7-5-3-1)10-14-24-18-20-26-16-12-22/h1-20H2. The fraction of sp³-hybridized carbons (Fsp3) is 1.00. The van der Waals surface area contributed by atoms with Crippen molar-refractivity contribution >= 4 is 0 Å². The average molecular weight is 373 g/mol.